The van der Waals surface area contributed by atoms with Crippen LogP contribution in [0.3, 0.4) is 0 Å². The molecular weight excluding hydrogens is 342 g/mol. The van der Waals surface area contributed by atoms with Crippen LogP contribution in [0, 0.1) is 0 Å². The fourth-order valence-corrected chi connectivity index (χ4v) is 3.52. The molecule has 0 aliphatic carbocycles. The first-order valence-corrected chi connectivity index (χ1v) is 8.95. The summed E-state index contributed by atoms with van der Waals surface area (Å²) in [6.45, 7) is 0. The number of anilines is 1. The fraction of sp³-hybridized carbons (Fsp3) is 0. The molecule has 2 aromatic heterocycles. The minimum Gasteiger partial charge on any atom is -0.322 e. The number of carbonyl (C=O) groups excluding carboxylic acids is 1. The molecule has 4 nitrogen and oxygen atoms in total. The Morgan fingerprint density at radius 1 is 1.00 bits per heavy atom. The van der Waals surface area contributed by atoms with E-state index in [-0.39, 0.29) is 5.91 Å². The quantitative estimate of drug-likeness (QED) is 0.522. The summed E-state index contributed by atoms with van der Waals surface area (Å²) in [6.07, 6.45) is 6.66. The van der Waals surface area contributed by atoms with Crippen LogP contribution in [0.25, 0.3) is 26.9 Å². The van der Waals surface area contributed by atoms with Crippen LogP contribution >= 0.6 is 11.3 Å². The van der Waals surface area contributed by atoms with Crippen molar-refractivity contribution in [1.29, 1.82) is 0 Å². The van der Waals surface area contributed by atoms with Gasteiger partial charge in [0.2, 0.25) is 5.91 Å². The molecule has 1 N–H and O–H groups in total. The molecule has 0 aliphatic rings. The second kappa shape index (κ2) is 7.29. The van der Waals surface area contributed by atoms with Crippen LogP contribution in [0.4, 0.5) is 5.69 Å². The van der Waals surface area contributed by atoms with E-state index < -0.39 is 0 Å². The Morgan fingerprint density at radius 3 is 2.69 bits per heavy atom. The zero-order chi connectivity index (χ0) is 17.8. The molecule has 4 rings (SSSR count). The average Bonchev–Trinajstić information content (AvgIpc) is 3.12. The molecule has 126 valence electrons. The van der Waals surface area contributed by atoms with Crippen LogP contribution in [0.1, 0.15) is 5.56 Å². The van der Waals surface area contributed by atoms with E-state index in [1.807, 2.05) is 54.6 Å². The van der Waals surface area contributed by atoms with Crippen molar-refractivity contribution in [2.24, 2.45) is 0 Å². The number of hydrogen-bond acceptors (Lipinski definition) is 4. The molecule has 0 spiro atoms. The lowest BCUT2D eigenvalue weighted by Gasteiger charge is -2.04. The van der Waals surface area contributed by atoms with Crippen molar-refractivity contribution in [3.63, 3.8) is 0 Å². The van der Waals surface area contributed by atoms with Crippen LogP contribution in [-0.4, -0.2) is 15.9 Å². The summed E-state index contributed by atoms with van der Waals surface area (Å²) in [7, 11) is 0. The summed E-state index contributed by atoms with van der Waals surface area (Å²) >= 11 is 1.64. The van der Waals surface area contributed by atoms with Crippen LogP contribution in [-0.2, 0) is 4.79 Å². The number of fused-ring (bicyclic) bond motifs is 1. The van der Waals surface area contributed by atoms with Crippen LogP contribution in [0.5, 0.6) is 0 Å². The van der Waals surface area contributed by atoms with E-state index in [0.29, 0.717) is 0 Å². The summed E-state index contributed by atoms with van der Waals surface area (Å²) < 4.78 is 1.15. The number of benzene rings is 2. The first kappa shape index (κ1) is 16.2. The van der Waals surface area contributed by atoms with E-state index in [0.717, 1.165) is 32.0 Å². The van der Waals surface area contributed by atoms with Gasteiger partial charge in [-0.1, -0.05) is 24.3 Å². The van der Waals surface area contributed by atoms with Gasteiger partial charge in [-0.25, -0.2) is 4.98 Å². The third-order valence-electron chi connectivity index (χ3n) is 3.80. The predicted octanol–water partition coefficient (Wildman–Crippen LogP) is 5.01. The molecule has 0 fully saturated rings. The van der Waals surface area contributed by atoms with Crippen molar-refractivity contribution in [2.75, 3.05) is 5.32 Å². The van der Waals surface area contributed by atoms with E-state index in [9.17, 15) is 4.79 Å². The van der Waals surface area contributed by atoms with Crippen molar-refractivity contribution in [3.8, 4) is 10.6 Å². The third-order valence-corrected chi connectivity index (χ3v) is 4.89. The lowest BCUT2D eigenvalue weighted by atomic mass is 10.2. The van der Waals surface area contributed by atoms with E-state index in [1.165, 1.54) is 6.08 Å². The van der Waals surface area contributed by atoms with Gasteiger partial charge in [0.05, 0.1) is 10.2 Å². The molecule has 2 heterocycles. The van der Waals surface area contributed by atoms with Gasteiger partial charge in [-0.05, 0) is 48.0 Å². The Kier molecular flexibility index (Phi) is 4.53. The Balaban J connectivity index is 1.52. The van der Waals surface area contributed by atoms with Gasteiger partial charge in [0.1, 0.15) is 5.01 Å². The number of thiazole rings is 1. The number of amides is 1. The minimum atomic E-state index is -0.178. The van der Waals surface area contributed by atoms with Gasteiger partial charge < -0.3 is 5.32 Å². The first-order chi connectivity index (χ1) is 12.8. The summed E-state index contributed by atoms with van der Waals surface area (Å²) in [6, 6.07) is 19.5. The summed E-state index contributed by atoms with van der Waals surface area (Å²) in [5.41, 5.74) is 3.65. The number of pyridine rings is 1. The Bertz CT molecular complexity index is 1050. The normalized spacial score (nSPS) is 11.1. The zero-order valence-electron chi connectivity index (χ0n) is 13.8. The SMILES string of the molecule is O=C(/C=C/c1ccncc1)Nc1cccc(-c2nc3ccccc3s2)c1. The molecule has 26 heavy (non-hydrogen) atoms. The standard InChI is InChI=1S/C21H15N3OS/c25-20(9-8-15-10-12-22-13-11-15)23-17-5-3-4-16(14-17)21-24-18-6-1-2-7-19(18)26-21/h1-14H,(H,23,25)/b9-8+. The molecular formula is C21H15N3OS. The van der Waals surface area contributed by atoms with Crippen molar-refractivity contribution >= 4 is 39.2 Å². The Hall–Kier alpha value is -3.31. The van der Waals surface area contributed by atoms with Gasteiger partial charge in [0.25, 0.3) is 0 Å². The molecule has 0 unspecified atom stereocenters. The number of nitrogens with one attached hydrogen (secondary N) is 1. The van der Waals surface area contributed by atoms with Gasteiger partial charge in [0.15, 0.2) is 0 Å². The lowest BCUT2D eigenvalue weighted by molar-refractivity contribution is -0.111. The highest BCUT2D eigenvalue weighted by atomic mass is 32.1. The second-order valence-electron chi connectivity index (χ2n) is 5.67. The van der Waals surface area contributed by atoms with Gasteiger partial charge in [0, 0.05) is 29.7 Å². The van der Waals surface area contributed by atoms with E-state index >= 15 is 0 Å². The van der Waals surface area contributed by atoms with Gasteiger partial charge in [-0.15, -0.1) is 11.3 Å². The summed E-state index contributed by atoms with van der Waals surface area (Å²) in [4.78, 5) is 20.8. The van der Waals surface area contributed by atoms with Gasteiger partial charge >= 0.3 is 0 Å². The van der Waals surface area contributed by atoms with Crippen molar-refractivity contribution in [2.45, 2.75) is 0 Å². The molecule has 5 heteroatoms. The largest absolute Gasteiger partial charge is 0.322 e. The maximum atomic E-state index is 12.1. The van der Waals surface area contributed by atoms with Crippen molar-refractivity contribution < 1.29 is 4.79 Å². The maximum absolute atomic E-state index is 12.1. The van der Waals surface area contributed by atoms with Gasteiger partial charge in [-0.2, -0.15) is 0 Å². The fourth-order valence-electron chi connectivity index (χ4n) is 2.56. The van der Waals surface area contributed by atoms with E-state index in [2.05, 4.69) is 21.4 Å². The molecule has 1 amide bonds. The topological polar surface area (TPSA) is 54.9 Å². The molecule has 0 bridgehead atoms. The van der Waals surface area contributed by atoms with Gasteiger partial charge in [-0.3, -0.25) is 9.78 Å². The number of nitrogens with zero attached hydrogens (tertiary/aromatic N) is 2. The lowest BCUT2D eigenvalue weighted by Crippen LogP contribution is -2.07. The molecule has 0 saturated carbocycles. The third kappa shape index (κ3) is 3.68. The molecule has 0 radical (unpaired) electrons. The summed E-state index contributed by atoms with van der Waals surface area (Å²) in [5, 5.41) is 3.83. The molecule has 0 atom stereocenters. The van der Waals surface area contributed by atoms with Crippen LogP contribution in [0.15, 0.2) is 79.1 Å². The number of aromatic nitrogens is 2. The highest BCUT2D eigenvalue weighted by Crippen LogP contribution is 2.31. The Labute approximate surface area is 154 Å². The molecule has 4 aromatic rings. The van der Waals surface area contributed by atoms with Crippen LogP contribution in [0.2, 0.25) is 0 Å². The maximum Gasteiger partial charge on any atom is 0.248 e. The number of rotatable bonds is 4. The molecule has 2 aromatic carbocycles. The number of hydrogen-bond donors (Lipinski definition) is 1. The zero-order valence-corrected chi connectivity index (χ0v) is 14.6. The number of carbonyl (C=O) groups is 1. The van der Waals surface area contributed by atoms with E-state index in [1.54, 1.807) is 29.8 Å². The number of para-hydroxylation sites is 1. The highest BCUT2D eigenvalue weighted by Gasteiger charge is 2.07. The smallest absolute Gasteiger partial charge is 0.248 e. The van der Waals surface area contributed by atoms with Crippen LogP contribution < -0.4 is 5.32 Å². The van der Waals surface area contributed by atoms with Crippen molar-refractivity contribution in [1.82, 2.24) is 9.97 Å². The minimum absolute atomic E-state index is 0.178. The van der Waals surface area contributed by atoms with E-state index in [4.69, 9.17) is 0 Å². The monoisotopic (exact) mass is 357 g/mol. The molecule has 0 aliphatic heterocycles. The predicted molar refractivity (Wildman–Crippen MR) is 107 cm³/mol. The van der Waals surface area contributed by atoms with Crippen molar-refractivity contribution in [3.05, 3.63) is 84.7 Å². The second-order valence-corrected chi connectivity index (χ2v) is 6.70. The molecule has 0 saturated heterocycles. The Morgan fingerprint density at radius 2 is 1.85 bits per heavy atom. The average molecular weight is 357 g/mol. The summed E-state index contributed by atoms with van der Waals surface area (Å²) in [5.74, 6) is -0.178. The highest BCUT2D eigenvalue weighted by molar-refractivity contribution is 7.21. The first-order valence-electron chi connectivity index (χ1n) is 8.13.